The van der Waals surface area contributed by atoms with Crippen LogP contribution in [0, 0.1) is 6.92 Å². The van der Waals surface area contributed by atoms with Gasteiger partial charge in [-0.2, -0.15) is 8.42 Å². The highest BCUT2D eigenvalue weighted by Gasteiger charge is 2.06. The Morgan fingerprint density at radius 2 is 1.37 bits per heavy atom. The Bertz CT molecular complexity index is 937. The fourth-order valence-electron chi connectivity index (χ4n) is 2.24. The molecule has 0 radical (unpaired) electrons. The van der Waals surface area contributed by atoms with E-state index in [0.29, 0.717) is 0 Å². The molecular weight excluding hydrogens is 380 g/mol. The number of hydrogen-bond acceptors (Lipinski definition) is 4. The van der Waals surface area contributed by atoms with E-state index >= 15 is 0 Å². The summed E-state index contributed by atoms with van der Waals surface area (Å²) in [5, 5.41) is 9.21. The number of aryl methyl sites for hydroxylation is 1. The standard InChI is InChI=1S/C14H14OS.C7H8O3S/c15-10-12-6-4-5-7-13(12)11-16-14-8-2-1-3-9-14;1-6-2-4-7(5-3-6)11(8,9)10/h1-9,15H,10-11H2;2-5H,1H3,(H,8,9,10). The molecule has 0 aromatic heterocycles. The van der Waals surface area contributed by atoms with E-state index in [9.17, 15) is 13.5 Å². The summed E-state index contributed by atoms with van der Waals surface area (Å²) in [6.07, 6.45) is 0. The number of hydrogen-bond donors (Lipinski definition) is 2. The first-order valence-corrected chi connectivity index (χ1v) is 10.7. The molecule has 0 fully saturated rings. The Morgan fingerprint density at radius 3 is 1.93 bits per heavy atom. The van der Waals surface area contributed by atoms with Crippen molar-refractivity contribution in [2.45, 2.75) is 29.1 Å². The molecule has 6 heteroatoms. The van der Waals surface area contributed by atoms with Crippen LogP contribution in [0.4, 0.5) is 0 Å². The Balaban J connectivity index is 0.000000208. The van der Waals surface area contributed by atoms with Crippen LogP contribution in [-0.2, 0) is 22.5 Å². The fourth-order valence-corrected chi connectivity index (χ4v) is 3.67. The molecule has 0 aliphatic carbocycles. The minimum Gasteiger partial charge on any atom is -0.392 e. The highest BCUT2D eigenvalue weighted by molar-refractivity contribution is 7.98. The Morgan fingerprint density at radius 1 is 0.815 bits per heavy atom. The van der Waals surface area contributed by atoms with E-state index in [1.807, 2.05) is 43.3 Å². The molecule has 0 amide bonds. The normalized spacial score (nSPS) is 10.8. The molecule has 0 saturated carbocycles. The van der Waals surface area contributed by atoms with E-state index in [4.69, 9.17) is 4.55 Å². The molecule has 27 heavy (non-hydrogen) atoms. The van der Waals surface area contributed by atoms with Gasteiger partial charge in [-0.15, -0.1) is 11.8 Å². The van der Waals surface area contributed by atoms with Gasteiger partial charge in [-0.1, -0.05) is 60.2 Å². The molecule has 3 aromatic carbocycles. The maximum absolute atomic E-state index is 10.5. The van der Waals surface area contributed by atoms with Crippen LogP contribution in [0.1, 0.15) is 16.7 Å². The lowest BCUT2D eigenvalue weighted by Gasteiger charge is -2.06. The lowest BCUT2D eigenvalue weighted by atomic mass is 10.1. The van der Waals surface area contributed by atoms with Crippen molar-refractivity contribution in [3.63, 3.8) is 0 Å². The predicted octanol–water partition coefficient (Wildman–Crippen LogP) is 4.71. The van der Waals surface area contributed by atoms with Crippen LogP contribution in [0.2, 0.25) is 0 Å². The second kappa shape index (κ2) is 10.3. The van der Waals surface area contributed by atoms with Crippen molar-refractivity contribution in [3.05, 3.63) is 95.6 Å². The summed E-state index contributed by atoms with van der Waals surface area (Å²) in [5.41, 5.74) is 3.18. The second-order valence-corrected chi connectivity index (χ2v) is 8.29. The summed E-state index contributed by atoms with van der Waals surface area (Å²) in [7, 11) is -4.02. The van der Waals surface area contributed by atoms with Gasteiger partial charge in [-0.3, -0.25) is 4.55 Å². The van der Waals surface area contributed by atoms with E-state index in [0.717, 1.165) is 16.9 Å². The van der Waals surface area contributed by atoms with Crippen molar-refractivity contribution in [2.24, 2.45) is 0 Å². The van der Waals surface area contributed by atoms with Crippen LogP contribution in [0.5, 0.6) is 0 Å². The van der Waals surface area contributed by atoms with Gasteiger partial charge in [0.05, 0.1) is 11.5 Å². The zero-order valence-corrected chi connectivity index (χ0v) is 16.6. The molecule has 142 valence electrons. The second-order valence-electron chi connectivity index (χ2n) is 5.82. The Kier molecular flexibility index (Phi) is 8.06. The largest absolute Gasteiger partial charge is 0.392 e. The highest BCUT2D eigenvalue weighted by atomic mass is 32.2. The van der Waals surface area contributed by atoms with Crippen LogP contribution >= 0.6 is 11.8 Å². The Labute approximate surface area is 164 Å². The zero-order valence-electron chi connectivity index (χ0n) is 14.9. The number of rotatable bonds is 5. The molecule has 0 aliphatic heterocycles. The van der Waals surface area contributed by atoms with Crippen molar-refractivity contribution >= 4 is 21.9 Å². The van der Waals surface area contributed by atoms with Crippen LogP contribution in [0.25, 0.3) is 0 Å². The van der Waals surface area contributed by atoms with E-state index < -0.39 is 10.1 Å². The molecule has 0 spiro atoms. The van der Waals surface area contributed by atoms with Gasteiger partial charge < -0.3 is 5.11 Å². The van der Waals surface area contributed by atoms with E-state index in [1.165, 1.54) is 22.6 Å². The smallest absolute Gasteiger partial charge is 0.294 e. The quantitative estimate of drug-likeness (QED) is 0.477. The van der Waals surface area contributed by atoms with Crippen molar-refractivity contribution in [3.8, 4) is 0 Å². The van der Waals surface area contributed by atoms with Gasteiger partial charge in [0.25, 0.3) is 10.1 Å². The van der Waals surface area contributed by atoms with Gasteiger partial charge in [0, 0.05) is 10.6 Å². The van der Waals surface area contributed by atoms with Gasteiger partial charge >= 0.3 is 0 Å². The monoisotopic (exact) mass is 402 g/mol. The van der Waals surface area contributed by atoms with Crippen molar-refractivity contribution in [1.29, 1.82) is 0 Å². The first kappa shape index (κ1) is 21.2. The lowest BCUT2D eigenvalue weighted by Crippen LogP contribution is -1.96. The number of benzene rings is 3. The van der Waals surface area contributed by atoms with Crippen LogP contribution in [0.3, 0.4) is 0 Å². The molecule has 0 unspecified atom stereocenters. The van der Waals surface area contributed by atoms with Crippen LogP contribution < -0.4 is 0 Å². The fraction of sp³-hybridized carbons (Fsp3) is 0.143. The zero-order chi connectivity index (χ0) is 19.7. The van der Waals surface area contributed by atoms with Gasteiger partial charge in [0.15, 0.2) is 0 Å². The topological polar surface area (TPSA) is 74.6 Å². The maximum Gasteiger partial charge on any atom is 0.294 e. The molecule has 0 saturated heterocycles. The SMILES string of the molecule is Cc1ccc(S(=O)(=O)O)cc1.OCc1ccccc1CSc1ccccc1. The van der Waals surface area contributed by atoms with Gasteiger partial charge in [-0.25, -0.2) is 0 Å². The highest BCUT2D eigenvalue weighted by Crippen LogP contribution is 2.24. The summed E-state index contributed by atoms with van der Waals surface area (Å²) < 4.78 is 29.6. The molecule has 0 bridgehead atoms. The van der Waals surface area contributed by atoms with Gasteiger partial charge in [-0.05, 0) is 42.3 Å². The summed E-state index contributed by atoms with van der Waals surface area (Å²) in [6, 6.07) is 24.3. The molecule has 3 rings (SSSR count). The molecule has 3 aromatic rings. The molecular formula is C21H22O4S2. The lowest BCUT2D eigenvalue weighted by molar-refractivity contribution is 0.281. The number of aliphatic hydroxyl groups excluding tert-OH is 1. The molecule has 0 heterocycles. The molecule has 0 aliphatic rings. The third-order valence-electron chi connectivity index (χ3n) is 3.75. The average molecular weight is 403 g/mol. The average Bonchev–Trinajstić information content (AvgIpc) is 2.67. The van der Waals surface area contributed by atoms with E-state index in [1.54, 1.807) is 23.9 Å². The maximum atomic E-state index is 10.5. The summed E-state index contributed by atoms with van der Waals surface area (Å²) >= 11 is 1.79. The minimum absolute atomic E-state index is 0.0666. The summed E-state index contributed by atoms with van der Waals surface area (Å²) in [4.78, 5) is 1.19. The molecule has 0 atom stereocenters. The van der Waals surface area contributed by atoms with E-state index in [-0.39, 0.29) is 11.5 Å². The molecule has 2 N–H and O–H groups in total. The first-order valence-electron chi connectivity index (χ1n) is 8.30. The number of aliphatic hydroxyl groups is 1. The third-order valence-corrected chi connectivity index (χ3v) is 5.67. The van der Waals surface area contributed by atoms with E-state index in [2.05, 4.69) is 18.2 Å². The van der Waals surface area contributed by atoms with Gasteiger partial charge in [0.1, 0.15) is 0 Å². The predicted molar refractivity (Wildman–Crippen MR) is 109 cm³/mol. The Hall–Kier alpha value is -2.12. The van der Waals surface area contributed by atoms with Crippen molar-refractivity contribution < 1.29 is 18.1 Å². The molecule has 4 nitrogen and oxygen atoms in total. The van der Waals surface area contributed by atoms with Crippen LogP contribution in [0.15, 0.2) is 88.7 Å². The third kappa shape index (κ3) is 7.19. The van der Waals surface area contributed by atoms with Crippen molar-refractivity contribution in [1.82, 2.24) is 0 Å². The number of thioether (sulfide) groups is 1. The minimum atomic E-state index is -4.02. The first-order chi connectivity index (χ1) is 12.9. The van der Waals surface area contributed by atoms with Crippen molar-refractivity contribution in [2.75, 3.05) is 0 Å². The van der Waals surface area contributed by atoms with Crippen LogP contribution in [-0.4, -0.2) is 18.1 Å². The summed E-state index contributed by atoms with van der Waals surface area (Å²) in [6.45, 7) is 1.96. The summed E-state index contributed by atoms with van der Waals surface area (Å²) in [5.74, 6) is 0.904. The van der Waals surface area contributed by atoms with Gasteiger partial charge in [0.2, 0.25) is 0 Å².